The molecule has 6 heteroatoms. The minimum absolute atomic E-state index is 0.0690. The first-order valence-electron chi connectivity index (χ1n) is 4.88. The Kier molecular flexibility index (Phi) is 2.97. The molecule has 1 heterocycles. The molecule has 0 bridgehead atoms. The Bertz CT molecular complexity index is 616. The Labute approximate surface area is 98.0 Å². The monoisotopic (exact) mass is 255 g/mol. The number of halogens is 1. The summed E-state index contributed by atoms with van der Waals surface area (Å²) >= 11 is 0. The number of hydrogen-bond donors (Lipinski definition) is 0. The summed E-state index contributed by atoms with van der Waals surface area (Å²) < 4.78 is 41.3. The predicted molar refractivity (Wildman–Crippen MR) is 58.5 cm³/mol. The second kappa shape index (κ2) is 4.29. The topological polar surface area (TPSA) is 60.2 Å². The van der Waals surface area contributed by atoms with Gasteiger partial charge in [-0.3, -0.25) is 0 Å². The van der Waals surface area contributed by atoms with E-state index in [2.05, 4.69) is 5.16 Å². The Morgan fingerprint density at radius 1 is 1.29 bits per heavy atom. The lowest BCUT2D eigenvalue weighted by molar-refractivity contribution is 0.392. The third kappa shape index (κ3) is 2.71. The van der Waals surface area contributed by atoms with E-state index in [0.717, 1.165) is 12.1 Å². The molecule has 0 aliphatic rings. The Balaban J connectivity index is 2.28. The average Bonchev–Trinajstić information content (AvgIpc) is 2.63. The first kappa shape index (κ1) is 11.8. The zero-order valence-corrected chi connectivity index (χ0v) is 9.87. The van der Waals surface area contributed by atoms with Gasteiger partial charge in [0.1, 0.15) is 17.3 Å². The van der Waals surface area contributed by atoms with E-state index >= 15 is 0 Å². The zero-order valence-electron chi connectivity index (χ0n) is 9.05. The number of aryl methyl sites for hydroxylation is 1. The van der Waals surface area contributed by atoms with Crippen molar-refractivity contribution in [2.45, 2.75) is 17.6 Å². The largest absolute Gasteiger partial charge is 0.361 e. The smallest absolute Gasteiger partial charge is 0.184 e. The quantitative estimate of drug-likeness (QED) is 0.788. The third-order valence-corrected chi connectivity index (χ3v) is 3.85. The second-order valence-corrected chi connectivity index (χ2v) is 5.63. The molecule has 0 fully saturated rings. The number of nitrogens with zero attached hydrogens (tertiary/aromatic N) is 1. The predicted octanol–water partition coefficient (Wildman–Crippen LogP) is 2.10. The van der Waals surface area contributed by atoms with E-state index in [1.807, 2.05) is 0 Å². The van der Waals surface area contributed by atoms with Crippen molar-refractivity contribution in [3.8, 4) is 0 Å². The molecule has 0 saturated carbocycles. The summed E-state index contributed by atoms with van der Waals surface area (Å²) in [6, 6.07) is 6.25. The second-order valence-electron chi connectivity index (χ2n) is 3.64. The Hall–Kier alpha value is -1.69. The van der Waals surface area contributed by atoms with Crippen molar-refractivity contribution in [1.82, 2.24) is 5.16 Å². The van der Waals surface area contributed by atoms with Gasteiger partial charge in [0.25, 0.3) is 0 Å². The maximum atomic E-state index is 12.7. The number of rotatable bonds is 3. The van der Waals surface area contributed by atoms with Gasteiger partial charge < -0.3 is 4.52 Å². The highest BCUT2D eigenvalue weighted by atomic mass is 32.2. The molecule has 0 saturated heterocycles. The van der Waals surface area contributed by atoms with Crippen molar-refractivity contribution >= 4 is 9.84 Å². The molecule has 4 nitrogen and oxygen atoms in total. The summed E-state index contributed by atoms with van der Waals surface area (Å²) in [7, 11) is -3.51. The van der Waals surface area contributed by atoms with Crippen LogP contribution in [0.25, 0.3) is 0 Å². The molecule has 1 aromatic heterocycles. The fourth-order valence-electron chi connectivity index (χ4n) is 1.41. The van der Waals surface area contributed by atoms with Crippen molar-refractivity contribution < 1.29 is 17.3 Å². The Morgan fingerprint density at radius 2 is 1.94 bits per heavy atom. The first-order valence-corrected chi connectivity index (χ1v) is 6.53. The highest BCUT2D eigenvalue weighted by Crippen LogP contribution is 2.16. The molecule has 0 aliphatic carbocycles. The van der Waals surface area contributed by atoms with E-state index in [4.69, 9.17) is 4.52 Å². The van der Waals surface area contributed by atoms with Crippen LogP contribution in [0.5, 0.6) is 0 Å². The van der Waals surface area contributed by atoms with Crippen molar-refractivity contribution in [1.29, 1.82) is 0 Å². The van der Waals surface area contributed by atoms with Crippen LogP contribution in [0.2, 0.25) is 0 Å². The van der Waals surface area contributed by atoms with Crippen LogP contribution in [-0.4, -0.2) is 13.6 Å². The summed E-state index contributed by atoms with van der Waals surface area (Å²) in [6.45, 7) is 1.68. The number of aromatic nitrogens is 1. The molecule has 0 atom stereocenters. The summed E-state index contributed by atoms with van der Waals surface area (Å²) in [6.07, 6.45) is 0. The molecule has 0 spiro atoms. The van der Waals surface area contributed by atoms with Gasteiger partial charge in [0.2, 0.25) is 0 Å². The van der Waals surface area contributed by atoms with Crippen LogP contribution in [0.15, 0.2) is 39.8 Å². The molecule has 2 aromatic rings. The van der Waals surface area contributed by atoms with Crippen molar-refractivity contribution in [3.63, 3.8) is 0 Å². The summed E-state index contributed by atoms with van der Waals surface area (Å²) in [5.74, 6) is -0.175. The van der Waals surface area contributed by atoms with Crippen LogP contribution >= 0.6 is 0 Å². The highest BCUT2D eigenvalue weighted by molar-refractivity contribution is 7.90. The van der Waals surface area contributed by atoms with Gasteiger partial charge in [-0.25, -0.2) is 12.8 Å². The van der Waals surface area contributed by atoms with Crippen LogP contribution < -0.4 is 0 Å². The van der Waals surface area contributed by atoms with Crippen LogP contribution in [-0.2, 0) is 15.6 Å². The first-order chi connectivity index (χ1) is 7.97. The molecule has 0 radical (unpaired) electrons. The zero-order chi connectivity index (χ0) is 12.5. The molecule has 90 valence electrons. The van der Waals surface area contributed by atoms with Gasteiger partial charge in [-0.05, 0) is 31.2 Å². The summed E-state index contributed by atoms with van der Waals surface area (Å²) in [4.78, 5) is 0.0690. The van der Waals surface area contributed by atoms with Gasteiger partial charge in [-0.2, -0.15) is 0 Å². The average molecular weight is 255 g/mol. The van der Waals surface area contributed by atoms with E-state index in [9.17, 15) is 12.8 Å². The van der Waals surface area contributed by atoms with Crippen molar-refractivity contribution in [3.05, 3.63) is 47.6 Å². The number of sulfone groups is 1. The van der Waals surface area contributed by atoms with E-state index < -0.39 is 15.7 Å². The van der Waals surface area contributed by atoms with Crippen LogP contribution in [0.1, 0.15) is 11.5 Å². The van der Waals surface area contributed by atoms with E-state index in [0.29, 0.717) is 11.5 Å². The lowest BCUT2D eigenvalue weighted by Crippen LogP contribution is -2.05. The minimum atomic E-state index is -3.51. The lowest BCUT2D eigenvalue weighted by atomic mass is 10.4. The van der Waals surface area contributed by atoms with Gasteiger partial charge in [-0.1, -0.05) is 5.16 Å². The summed E-state index contributed by atoms with van der Waals surface area (Å²) in [5.41, 5.74) is 0.340. The number of hydrogen-bond acceptors (Lipinski definition) is 4. The SMILES string of the molecule is Cc1cc(CS(=O)(=O)c2ccc(F)cc2)no1. The molecule has 17 heavy (non-hydrogen) atoms. The van der Waals surface area contributed by atoms with Crippen LogP contribution in [0.4, 0.5) is 4.39 Å². The van der Waals surface area contributed by atoms with Gasteiger partial charge >= 0.3 is 0 Å². The van der Waals surface area contributed by atoms with Gasteiger partial charge in [0, 0.05) is 6.07 Å². The Morgan fingerprint density at radius 3 is 2.47 bits per heavy atom. The number of benzene rings is 1. The van der Waals surface area contributed by atoms with E-state index in [1.54, 1.807) is 13.0 Å². The molecular formula is C11H10FNO3S. The fourth-order valence-corrected chi connectivity index (χ4v) is 2.65. The molecule has 0 aliphatic heterocycles. The van der Waals surface area contributed by atoms with Crippen molar-refractivity contribution in [2.75, 3.05) is 0 Å². The van der Waals surface area contributed by atoms with E-state index in [-0.39, 0.29) is 10.6 Å². The van der Waals surface area contributed by atoms with Gasteiger partial charge in [0.15, 0.2) is 9.84 Å². The van der Waals surface area contributed by atoms with Crippen molar-refractivity contribution in [2.24, 2.45) is 0 Å². The van der Waals surface area contributed by atoms with Crippen LogP contribution in [0, 0.1) is 12.7 Å². The molecule has 2 rings (SSSR count). The lowest BCUT2D eigenvalue weighted by Gasteiger charge is -2.01. The minimum Gasteiger partial charge on any atom is -0.361 e. The fraction of sp³-hybridized carbons (Fsp3) is 0.182. The molecule has 0 amide bonds. The maximum absolute atomic E-state index is 12.7. The molecule has 1 aromatic carbocycles. The van der Waals surface area contributed by atoms with Gasteiger partial charge in [0.05, 0.1) is 10.6 Å². The molecular weight excluding hydrogens is 245 g/mol. The standard InChI is InChI=1S/C11H10FNO3S/c1-8-6-10(13-16-8)7-17(14,15)11-4-2-9(12)3-5-11/h2-6H,7H2,1H3. The molecule has 0 unspecified atom stereocenters. The van der Waals surface area contributed by atoms with Gasteiger partial charge in [-0.15, -0.1) is 0 Å². The molecule has 0 N–H and O–H groups in total. The summed E-state index contributed by atoms with van der Waals surface area (Å²) in [5, 5.41) is 3.62. The normalized spacial score (nSPS) is 11.6. The third-order valence-electron chi connectivity index (χ3n) is 2.19. The highest BCUT2D eigenvalue weighted by Gasteiger charge is 2.17. The van der Waals surface area contributed by atoms with E-state index in [1.165, 1.54) is 12.1 Å². The van der Waals surface area contributed by atoms with Crippen LogP contribution in [0.3, 0.4) is 0 Å². The maximum Gasteiger partial charge on any atom is 0.184 e.